The van der Waals surface area contributed by atoms with Gasteiger partial charge in [-0.3, -0.25) is 9.59 Å². The second-order valence-corrected chi connectivity index (χ2v) is 11.1. The number of nitrogens with one attached hydrogen (secondary N) is 1. The third kappa shape index (κ3) is 6.64. The third-order valence-corrected chi connectivity index (χ3v) is 7.32. The van der Waals surface area contributed by atoms with E-state index < -0.39 is 0 Å². The van der Waals surface area contributed by atoms with E-state index in [1.54, 1.807) is 42.5 Å². The first-order valence-corrected chi connectivity index (χ1v) is 13.9. The first-order valence-electron chi connectivity index (χ1n) is 11.6. The van der Waals surface area contributed by atoms with Gasteiger partial charge in [-0.25, -0.2) is 4.98 Å². The van der Waals surface area contributed by atoms with E-state index >= 15 is 0 Å². The molecule has 0 fully saturated rings. The van der Waals surface area contributed by atoms with Crippen molar-refractivity contribution in [1.82, 2.24) is 9.66 Å². The van der Waals surface area contributed by atoms with Crippen molar-refractivity contribution in [2.24, 2.45) is 5.10 Å². The molecule has 1 amide bonds. The number of anilines is 1. The van der Waals surface area contributed by atoms with Crippen molar-refractivity contribution < 1.29 is 9.53 Å². The van der Waals surface area contributed by atoms with Crippen molar-refractivity contribution >= 4 is 83.8 Å². The van der Waals surface area contributed by atoms with E-state index in [9.17, 15) is 9.59 Å². The summed E-state index contributed by atoms with van der Waals surface area (Å²) in [6, 6.07) is 15.5. The number of amides is 1. The summed E-state index contributed by atoms with van der Waals surface area (Å²) in [4.78, 5) is 30.3. The van der Waals surface area contributed by atoms with Crippen LogP contribution in [-0.2, 0) is 4.79 Å². The molecule has 196 valence electrons. The molecular weight excluding hydrogens is 659 g/mol. The molecule has 0 aliphatic rings. The highest BCUT2D eigenvalue weighted by Crippen LogP contribution is 2.34. The largest absolute Gasteiger partial charge is 0.481 e. The van der Waals surface area contributed by atoms with Crippen LogP contribution >= 0.6 is 55.1 Å². The van der Waals surface area contributed by atoms with Crippen LogP contribution in [0.25, 0.3) is 10.9 Å². The van der Waals surface area contributed by atoms with Gasteiger partial charge in [-0.1, -0.05) is 53.0 Å². The maximum atomic E-state index is 13.3. The second kappa shape index (κ2) is 12.4. The highest BCUT2D eigenvalue weighted by atomic mass is 79.9. The fraction of sp³-hybridized carbons (Fsp3) is 0.185. The summed E-state index contributed by atoms with van der Waals surface area (Å²) < 4.78 is 8.30. The number of nitrogens with zero attached hydrogens (tertiary/aromatic N) is 3. The molecule has 11 heteroatoms. The zero-order chi connectivity index (χ0) is 27.4. The van der Waals surface area contributed by atoms with E-state index in [4.69, 9.17) is 32.9 Å². The molecule has 3 aromatic carbocycles. The Hall–Kier alpha value is -2.72. The molecule has 0 saturated carbocycles. The predicted molar refractivity (Wildman–Crippen MR) is 160 cm³/mol. The van der Waals surface area contributed by atoms with Gasteiger partial charge in [0.05, 0.1) is 26.6 Å². The topological polar surface area (TPSA) is 85.6 Å². The second-order valence-electron chi connectivity index (χ2n) is 8.46. The lowest BCUT2D eigenvalue weighted by molar-refractivity contribution is -0.118. The van der Waals surface area contributed by atoms with E-state index in [1.807, 2.05) is 26.0 Å². The molecule has 4 aromatic rings. The maximum absolute atomic E-state index is 13.3. The minimum Gasteiger partial charge on any atom is -0.481 e. The monoisotopic (exact) mass is 678 g/mol. The van der Waals surface area contributed by atoms with Gasteiger partial charge in [0.2, 0.25) is 0 Å². The van der Waals surface area contributed by atoms with Crippen LogP contribution < -0.4 is 15.6 Å². The Morgan fingerprint density at radius 3 is 2.58 bits per heavy atom. The zero-order valence-electron chi connectivity index (χ0n) is 20.3. The van der Waals surface area contributed by atoms with E-state index in [1.165, 1.54) is 10.9 Å². The molecule has 1 heterocycles. The third-order valence-electron chi connectivity index (χ3n) is 5.70. The number of halogens is 4. The Labute approximate surface area is 246 Å². The van der Waals surface area contributed by atoms with Crippen molar-refractivity contribution in [2.45, 2.75) is 26.2 Å². The minimum absolute atomic E-state index is 0.0121. The van der Waals surface area contributed by atoms with Gasteiger partial charge in [0, 0.05) is 21.1 Å². The van der Waals surface area contributed by atoms with Crippen LogP contribution in [0.3, 0.4) is 0 Å². The lowest BCUT2D eigenvalue weighted by Gasteiger charge is -2.14. The molecule has 0 unspecified atom stereocenters. The first-order chi connectivity index (χ1) is 18.2. The normalized spacial score (nSPS) is 12.2. The van der Waals surface area contributed by atoms with Crippen molar-refractivity contribution in [1.29, 1.82) is 0 Å². The highest BCUT2D eigenvalue weighted by molar-refractivity contribution is 9.10. The minimum atomic E-state index is -0.353. The van der Waals surface area contributed by atoms with Gasteiger partial charge in [0.25, 0.3) is 11.5 Å². The predicted octanol–water partition coefficient (Wildman–Crippen LogP) is 7.64. The van der Waals surface area contributed by atoms with Crippen molar-refractivity contribution in [2.75, 3.05) is 11.9 Å². The summed E-state index contributed by atoms with van der Waals surface area (Å²) in [5.41, 5.74) is 1.57. The summed E-state index contributed by atoms with van der Waals surface area (Å²) in [6.07, 6.45) is 2.32. The fourth-order valence-corrected chi connectivity index (χ4v) is 5.04. The van der Waals surface area contributed by atoms with Crippen LogP contribution in [0.15, 0.2) is 73.4 Å². The molecule has 1 aromatic heterocycles. The van der Waals surface area contributed by atoms with E-state index in [0.29, 0.717) is 43.2 Å². The Morgan fingerprint density at radius 1 is 1.16 bits per heavy atom. The number of carbonyl (C=O) groups is 1. The SMILES string of the molecule is CC[C@H](C)c1nc2ccc(Br)cc2c(=O)n1N=Cc1cc(Cl)c(OCC(=O)Nc2ccc(Cl)cc2)c(Br)c1. The molecular formula is C27H22Br2Cl2N4O3. The average molecular weight is 681 g/mol. The first kappa shape index (κ1) is 28.3. The summed E-state index contributed by atoms with van der Waals surface area (Å²) >= 11 is 19.2. The number of fused-ring (bicyclic) bond motifs is 1. The standard InChI is InChI=1S/C27H22Br2Cl2N4O3/c1-3-15(2)26-34-23-9-4-17(28)12-20(23)27(37)35(26)32-13-16-10-21(29)25(22(31)11-16)38-14-24(36)33-19-7-5-18(30)6-8-19/h4-13,15H,3,14H2,1-2H3,(H,33,36)/t15-/m0/s1. The summed E-state index contributed by atoms with van der Waals surface area (Å²) in [5.74, 6) is 0.538. The average Bonchev–Trinajstić information content (AvgIpc) is 2.88. The quantitative estimate of drug-likeness (QED) is 0.194. The molecule has 1 atom stereocenters. The number of aromatic nitrogens is 2. The molecule has 0 bridgehead atoms. The van der Waals surface area contributed by atoms with Crippen LogP contribution in [0, 0.1) is 0 Å². The van der Waals surface area contributed by atoms with E-state index in [2.05, 4.69) is 42.3 Å². The molecule has 38 heavy (non-hydrogen) atoms. The van der Waals surface area contributed by atoms with Gasteiger partial charge in [-0.2, -0.15) is 9.78 Å². The van der Waals surface area contributed by atoms with Gasteiger partial charge in [0.1, 0.15) is 5.82 Å². The molecule has 4 rings (SSSR count). The molecule has 0 saturated heterocycles. The van der Waals surface area contributed by atoms with Crippen LogP contribution in [0.1, 0.15) is 37.6 Å². The maximum Gasteiger partial charge on any atom is 0.282 e. The number of hydrogen-bond donors (Lipinski definition) is 1. The van der Waals surface area contributed by atoms with E-state index in [0.717, 1.165) is 10.9 Å². The Kier molecular flexibility index (Phi) is 9.25. The number of ether oxygens (including phenoxy) is 1. The molecule has 7 nitrogen and oxygen atoms in total. The van der Waals surface area contributed by atoms with Crippen LogP contribution in [0.4, 0.5) is 5.69 Å². The van der Waals surface area contributed by atoms with Crippen LogP contribution in [0.2, 0.25) is 10.0 Å². The van der Waals surface area contributed by atoms with Crippen LogP contribution in [0.5, 0.6) is 5.75 Å². The number of benzene rings is 3. The van der Waals surface area contributed by atoms with Crippen LogP contribution in [-0.4, -0.2) is 28.4 Å². The Balaban J connectivity index is 1.57. The molecule has 0 radical (unpaired) electrons. The van der Waals surface area contributed by atoms with E-state index in [-0.39, 0.29) is 29.0 Å². The Bertz CT molecular complexity index is 1570. The van der Waals surface area contributed by atoms with Gasteiger partial charge < -0.3 is 10.1 Å². The van der Waals surface area contributed by atoms with Crippen molar-refractivity contribution in [3.05, 3.63) is 95.3 Å². The zero-order valence-corrected chi connectivity index (χ0v) is 25.0. The number of hydrogen-bond acceptors (Lipinski definition) is 5. The summed E-state index contributed by atoms with van der Waals surface area (Å²) in [6.45, 7) is 3.78. The summed E-state index contributed by atoms with van der Waals surface area (Å²) in [5, 5.41) is 8.51. The number of rotatable bonds is 8. The van der Waals surface area contributed by atoms with Crippen molar-refractivity contribution in [3.8, 4) is 5.75 Å². The summed E-state index contributed by atoms with van der Waals surface area (Å²) in [7, 11) is 0. The van der Waals surface area contributed by atoms with Gasteiger partial charge in [-0.15, -0.1) is 0 Å². The molecule has 0 aliphatic heterocycles. The fourth-order valence-electron chi connectivity index (χ4n) is 3.56. The Morgan fingerprint density at radius 2 is 1.89 bits per heavy atom. The lowest BCUT2D eigenvalue weighted by atomic mass is 10.1. The highest BCUT2D eigenvalue weighted by Gasteiger charge is 2.16. The van der Waals surface area contributed by atoms with Gasteiger partial charge in [-0.05, 0) is 82.5 Å². The lowest BCUT2D eigenvalue weighted by Crippen LogP contribution is -2.23. The smallest absolute Gasteiger partial charge is 0.282 e. The van der Waals surface area contributed by atoms with Gasteiger partial charge >= 0.3 is 0 Å². The number of carbonyl (C=O) groups excluding carboxylic acids is 1. The van der Waals surface area contributed by atoms with Gasteiger partial charge in [0.15, 0.2) is 12.4 Å². The molecule has 0 spiro atoms. The molecule has 0 aliphatic carbocycles. The molecule has 1 N–H and O–H groups in total. The van der Waals surface area contributed by atoms with Crippen molar-refractivity contribution in [3.63, 3.8) is 0 Å².